The zero-order valence-corrected chi connectivity index (χ0v) is 13.7. The highest BCUT2D eigenvalue weighted by Gasteiger charge is 2.51. The molecule has 0 amide bonds. The van der Waals surface area contributed by atoms with E-state index in [4.69, 9.17) is 9.47 Å². The van der Waals surface area contributed by atoms with Gasteiger partial charge in [0.15, 0.2) is 5.82 Å². The zero-order chi connectivity index (χ0) is 15.5. The molecule has 1 saturated carbocycles. The highest BCUT2D eigenvalue weighted by Crippen LogP contribution is 2.51. The van der Waals surface area contributed by atoms with Crippen LogP contribution >= 0.6 is 0 Å². The predicted octanol–water partition coefficient (Wildman–Crippen LogP) is 1.35. The third-order valence-corrected chi connectivity index (χ3v) is 4.45. The molecular weight excluding hydrogens is 270 g/mol. The molecule has 0 radical (unpaired) electrons. The van der Waals surface area contributed by atoms with E-state index in [1.54, 1.807) is 7.11 Å². The molecule has 21 heavy (non-hydrogen) atoms. The van der Waals surface area contributed by atoms with Crippen LogP contribution in [-0.4, -0.2) is 53.2 Å². The number of methoxy groups -OCH3 is 1. The van der Waals surface area contributed by atoms with Crippen LogP contribution in [0.5, 0.6) is 0 Å². The van der Waals surface area contributed by atoms with E-state index >= 15 is 0 Å². The normalized spacial score (nSPS) is 25.6. The van der Waals surface area contributed by atoms with Gasteiger partial charge in [-0.1, -0.05) is 13.8 Å². The Bertz CT molecular complexity index is 448. The largest absolute Gasteiger partial charge is 0.383 e. The van der Waals surface area contributed by atoms with Crippen LogP contribution in [0.1, 0.15) is 52.0 Å². The van der Waals surface area contributed by atoms with Crippen LogP contribution in [0.15, 0.2) is 0 Å². The van der Waals surface area contributed by atoms with Crippen molar-refractivity contribution >= 4 is 0 Å². The Labute approximate surface area is 126 Å². The van der Waals surface area contributed by atoms with E-state index in [2.05, 4.69) is 41.6 Å². The van der Waals surface area contributed by atoms with Crippen molar-refractivity contribution in [3.63, 3.8) is 0 Å². The molecule has 3 atom stereocenters. The van der Waals surface area contributed by atoms with Gasteiger partial charge in [0, 0.05) is 25.7 Å². The second kappa shape index (κ2) is 6.81. The topological polar surface area (TPSA) is 74.1 Å². The smallest absolute Gasteiger partial charge is 0.168 e. The minimum atomic E-state index is 0.0480. The van der Waals surface area contributed by atoms with Crippen molar-refractivity contribution in [3.05, 3.63) is 5.82 Å². The van der Waals surface area contributed by atoms with Gasteiger partial charge in [-0.2, -0.15) is 0 Å². The quantitative estimate of drug-likeness (QED) is 0.730. The minimum absolute atomic E-state index is 0.0480. The van der Waals surface area contributed by atoms with Crippen molar-refractivity contribution in [2.75, 3.05) is 26.9 Å². The summed E-state index contributed by atoms with van der Waals surface area (Å²) in [4.78, 5) is 0. The van der Waals surface area contributed by atoms with Crippen LogP contribution in [0.25, 0.3) is 0 Å². The van der Waals surface area contributed by atoms with E-state index in [0.29, 0.717) is 6.61 Å². The molecule has 0 bridgehead atoms. The number of tetrazole rings is 1. The molecule has 2 rings (SSSR count). The third kappa shape index (κ3) is 3.25. The number of nitrogens with zero attached hydrogens (tertiary/aromatic N) is 4. The highest BCUT2D eigenvalue weighted by atomic mass is 16.5. The van der Waals surface area contributed by atoms with E-state index in [1.807, 2.05) is 11.6 Å². The fourth-order valence-electron chi connectivity index (χ4n) is 2.94. The summed E-state index contributed by atoms with van der Waals surface area (Å²) in [6.45, 7) is 10.7. The summed E-state index contributed by atoms with van der Waals surface area (Å²) >= 11 is 0. The van der Waals surface area contributed by atoms with E-state index in [1.165, 1.54) is 0 Å². The fraction of sp³-hybridized carbons (Fsp3) is 0.929. The van der Waals surface area contributed by atoms with Crippen LogP contribution < -0.4 is 5.32 Å². The maximum absolute atomic E-state index is 5.79. The summed E-state index contributed by atoms with van der Waals surface area (Å²) in [6, 6.07) is 0.378. The van der Waals surface area contributed by atoms with Gasteiger partial charge in [0.1, 0.15) is 0 Å². The van der Waals surface area contributed by atoms with Crippen molar-refractivity contribution in [1.82, 2.24) is 25.5 Å². The first-order valence-corrected chi connectivity index (χ1v) is 7.64. The van der Waals surface area contributed by atoms with E-state index in [-0.39, 0.29) is 23.6 Å². The lowest BCUT2D eigenvalue weighted by molar-refractivity contribution is -0.132. The molecule has 3 unspecified atom stereocenters. The molecule has 0 aromatic carbocycles. The molecule has 0 saturated heterocycles. The lowest BCUT2D eigenvalue weighted by atomic mass is 9.64. The number of nitrogens with one attached hydrogen (secondary N) is 1. The number of hydrogen-bond donors (Lipinski definition) is 1. The SMILES string of the molecule is CCOC1CC(n2nnnc2C(C)NCCOC)C1(C)C. The average Bonchev–Trinajstić information content (AvgIpc) is 2.91. The molecule has 1 aromatic rings. The maximum Gasteiger partial charge on any atom is 0.168 e. The lowest BCUT2D eigenvalue weighted by Crippen LogP contribution is -2.52. The second-order valence-corrected chi connectivity index (χ2v) is 6.17. The Morgan fingerprint density at radius 2 is 2.24 bits per heavy atom. The van der Waals surface area contributed by atoms with Crippen LogP contribution in [0.2, 0.25) is 0 Å². The molecule has 1 aliphatic carbocycles. The van der Waals surface area contributed by atoms with Gasteiger partial charge in [-0.3, -0.25) is 0 Å². The molecule has 1 aliphatic rings. The lowest BCUT2D eigenvalue weighted by Gasteiger charge is -2.51. The monoisotopic (exact) mass is 297 g/mol. The van der Waals surface area contributed by atoms with Crippen molar-refractivity contribution in [2.24, 2.45) is 5.41 Å². The van der Waals surface area contributed by atoms with Gasteiger partial charge in [0.25, 0.3) is 0 Å². The van der Waals surface area contributed by atoms with Crippen LogP contribution in [-0.2, 0) is 9.47 Å². The summed E-state index contributed by atoms with van der Waals surface area (Å²) < 4.78 is 12.8. The van der Waals surface area contributed by atoms with Crippen molar-refractivity contribution < 1.29 is 9.47 Å². The second-order valence-electron chi connectivity index (χ2n) is 6.17. The maximum atomic E-state index is 5.79. The first-order valence-electron chi connectivity index (χ1n) is 7.64. The van der Waals surface area contributed by atoms with Crippen molar-refractivity contribution in [2.45, 2.75) is 52.3 Å². The number of hydrogen-bond acceptors (Lipinski definition) is 6. The van der Waals surface area contributed by atoms with Gasteiger partial charge in [-0.15, -0.1) is 5.10 Å². The highest BCUT2D eigenvalue weighted by molar-refractivity contribution is 5.05. The Kier molecular flexibility index (Phi) is 5.29. The van der Waals surface area contributed by atoms with Crippen LogP contribution in [0.3, 0.4) is 0 Å². The molecule has 1 fully saturated rings. The Morgan fingerprint density at radius 1 is 1.48 bits per heavy atom. The first-order chi connectivity index (χ1) is 10.0. The van der Waals surface area contributed by atoms with E-state index in [0.717, 1.165) is 25.4 Å². The molecule has 1 aromatic heterocycles. The zero-order valence-electron chi connectivity index (χ0n) is 13.7. The van der Waals surface area contributed by atoms with Crippen molar-refractivity contribution in [1.29, 1.82) is 0 Å². The molecule has 1 heterocycles. The van der Waals surface area contributed by atoms with Gasteiger partial charge >= 0.3 is 0 Å². The predicted molar refractivity (Wildman–Crippen MR) is 79.0 cm³/mol. The fourth-order valence-corrected chi connectivity index (χ4v) is 2.94. The molecule has 0 aliphatic heterocycles. The summed E-state index contributed by atoms with van der Waals surface area (Å²) in [7, 11) is 1.70. The number of ether oxygens (including phenoxy) is 2. The molecular formula is C14H27N5O2. The number of rotatable bonds is 8. The Hall–Kier alpha value is -1.05. The molecule has 7 nitrogen and oxygen atoms in total. The molecule has 7 heteroatoms. The van der Waals surface area contributed by atoms with Gasteiger partial charge < -0.3 is 14.8 Å². The summed E-state index contributed by atoms with van der Waals surface area (Å²) in [6.07, 6.45) is 1.24. The summed E-state index contributed by atoms with van der Waals surface area (Å²) in [5, 5.41) is 15.6. The minimum Gasteiger partial charge on any atom is -0.383 e. The Balaban J connectivity index is 2.04. The van der Waals surface area contributed by atoms with E-state index in [9.17, 15) is 0 Å². The van der Waals surface area contributed by atoms with E-state index < -0.39 is 0 Å². The average molecular weight is 297 g/mol. The summed E-state index contributed by atoms with van der Waals surface area (Å²) in [5.41, 5.74) is 0.0480. The Morgan fingerprint density at radius 3 is 2.86 bits per heavy atom. The first kappa shape index (κ1) is 16.3. The van der Waals surface area contributed by atoms with Gasteiger partial charge in [0.2, 0.25) is 0 Å². The molecule has 120 valence electrons. The molecule has 1 N–H and O–H groups in total. The summed E-state index contributed by atoms with van der Waals surface area (Å²) in [5.74, 6) is 0.874. The van der Waals surface area contributed by atoms with Gasteiger partial charge in [-0.05, 0) is 30.7 Å². The standard InChI is InChI=1S/C14H27N5O2/c1-6-21-12-9-11(14(12,3)4)19-13(16-17-18-19)10(2)15-7-8-20-5/h10-12,15H,6-9H2,1-5H3. The van der Waals surface area contributed by atoms with Crippen molar-refractivity contribution in [3.8, 4) is 0 Å². The van der Waals surface area contributed by atoms with Crippen LogP contribution in [0, 0.1) is 5.41 Å². The third-order valence-electron chi connectivity index (χ3n) is 4.45. The van der Waals surface area contributed by atoms with Crippen LogP contribution in [0.4, 0.5) is 0 Å². The van der Waals surface area contributed by atoms with Gasteiger partial charge in [-0.25, -0.2) is 4.68 Å². The number of aromatic nitrogens is 4. The molecule has 0 spiro atoms. The van der Waals surface area contributed by atoms with Gasteiger partial charge in [0.05, 0.1) is 24.8 Å².